The number of hydrogen-bond donors (Lipinski definition) is 3. The van der Waals surface area contributed by atoms with E-state index in [1.807, 2.05) is 30.3 Å². The van der Waals surface area contributed by atoms with Crippen molar-refractivity contribution < 1.29 is 19.0 Å². The highest BCUT2D eigenvalue weighted by Crippen LogP contribution is 2.38. The predicted molar refractivity (Wildman–Crippen MR) is 152 cm³/mol. The number of fused-ring (bicyclic) bond motifs is 1. The van der Waals surface area contributed by atoms with Crippen LogP contribution in [0.3, 0.4) is 0 Å². The van der Waals surface area contributed by atoms with Crippen LogP contribution in [-0.4, -0.2) is 38.5 Å². The number of methoxy groups -OCH3 is 1. The molecule has 1 aliphatic rings. The summed E-state index contributed by atoms with van der Waals surface area (Å²) in [6.07, 6.45) is 7.35. The summed E-state index contributed by atoms with van der Waals surface area (Å²) in [6.45, 7) is 6.41. The minimum absolute atomic E-state index is 0.294. The van der Waals surface area contributed by atoms with Crippen LogP contribution in [0.5, 0.6) is 17.2 Å². The zero-order chi connectivity index (χ0) is 26.7. The van der Waals surface area contributed by atoms with Crippen LogP contribution in [0.1, 0.15) is 47.4 Å². The Morgan fingerprint density at radius 3 is 2.76 bits per heavy atom. The Kier molecular flexibility index (Phi) is 10.0. The molecule has 0 radical (unpaired) electrons. The van der Waals surface area contributed by atoms with Gasteiger partial charge in [-0.2, -0.15) is 0 Å². The number of benzene rings is 3. The van der Waals surface area contributed by atoms with Crippen LogP contribution >= 0.6 is 0 Å². The molecular weight excluding hydrogens is 479 g/mol. The Bertz CT molecular complexity index is 1210. The molecule has 1 aliphatic carbocycles. The van der Waals surface area contributed by atoms with Crippen LogP contribution in [0.4, 0.5) is 10.1 Å². The molecule has 1 unspecified atom stereocenters. The predicted octanol–water partition coefficient (Wildman–Crippen LogP) is 6.40. The van der Waals surface area contributed by atoms with Crippen molar-refractivity contribution in [3.8, 4) is 17.2 Å². The molecule has 3 N–H and O–H groups in total. The lowest BCUT2D eigenvalue weighted by Gasteiger charge is -2.27. The summed E-state index contributed by atoms with van der Waals surface area (Å²) in [6, 6.07) is 17.2. The molecule has 38 heavy (non-hydrogen) atoms. The highest BCUT2D eigenvalue weighted by molar-refractivity contribution is 5.57. The molecule has 1 atom stereocenters. The molecule has 0 aromatic heterocycles. The third kappa shape index (κ3) is 7.51. The smallest absolute Gasteiger partial charge is 0.165 e. The summed E-state index contributed by atoms with van der Waals surface area (Å²) in [7, 11) is 1.68. The van der Waals surface area contributed by atoms with E-state index in [9.17, 15) is 9.50 Å². The van der Waals surface area contributed by atoms with E-state index < -0.39 is 0 Å². The third-order valence-electron chi connectivity index (χ3n) is 7.13. The van der Waals surface area contributed by atoms with Crippen LogP contribution in [0.25, 0.3) is 0 Å². The molecule has 5 nitrogen and oxygen atoms in total. The maximum atomic E-state index is 14.5. The van der Waals surface area contributed by atoms with E-state index >= 15 is 0 Å². The van der Waals surface area contributed by atoms with Gasteiger partial charge in [-0.05, 0) is 104 Å². The minimum Gasteiger partial charge on any atom is -0.508 e. The molecule has 0 amide bonds. The van der Waals surface area contributed by atoms with Gasteiger partial charge in [0.1, 0.15) is 18.1 Å². The van der Waals surface area contributed by atoms with Crippen molar-refractivity contribution in [1.29, 1.82) is 0 Å². The number of halogens is 1. The Morgan fingerprint density at radius 1 is 1.05 bits per heavy atom. The monoisotopic (exact) mass is 518 g/mol. The van der Waals surface area contributed by atoms with Gasteiger partial charge in [-0.25, -0.2) is 4.39 Å². The second-order valence-electron chi connectivity index (χ2n) is 9.82. The lowest BCUT2D eigenvalue weighted by molar-refractivity contribution is 0.299. The summed E-state index contributed by atoms with van der Waals surface area (Å²) in [5.74, 6) is 1.54. The first kappa shape index (κ1) is 27.5. The number of rotatable bonds is 14. The van der Waals surface area contributed by atoms with Crippen LogP contribution in [0.15, 0.2) is 67.3 Å². The van der Waals surface area contributed by atoms with Gasteiger partial charge in [0.2, 0.25) is 0 Å². The standard InChI is InChI=1S/C32H39FN2O3/c1-3-4-15-34-17-18-38-32-14-7-23(19-30(32)33)6-5-16-35-31-22-28(37-2)12-13-29(31)26-9-8-25-21-27(36)11-10-24(25)20-26/h3,7,10-14,19,21-22,26,34-36H,1,4-6,8-9,15-18,20H2,2H3. The second-order valence-corrected chi connectivity index (χ2v) is 9.82. The number of hydrogen-bond acceptors (Lipinski definition) is 5. The molecule has 0 spiro atoms. The number of phenols is 1. The SMILES string of the molecule is C=CCCNCCOc1ccc(CCCNc2cc(OC)ccc2C2CCc3cc(O)ccc3C2)cc1F. The Hall–Kier alpha value is -3.51. The van der Waals surface area contributed by atoms with Crippen molar-refractivity contribution in [2.75, 3.05) is 38.7 Å². The zero-order valence-electron chi connectivity index (χ0n) is 22.3. The third-order valence-corrected chi connectivity index (χ3v) is 7.13. The van der Waals surface area contributed by atoms with E-state index in [4.69, 9.17) is 9.47 Å². The van der Waals surface area contributed by atoms with Gasteiger partial charge in [0.05, 0.1) is 7.11 Å². The molecule has 3 aromatic carbocycles. The Morgan fingerprint density at radius 2 is 1.95 bits per heavy atom. The van der Waals surface area contributed by atoms with E-state index in [2.05, 4.69) is 29.3 Å². The second kappa shape index (κ2) is 13.9. The largest absolute Gasteiger partial charge is 0.508 e. The van der Waals surface area contributed by atoms with Crippen LogP contribution < -0.4 is 20.1 Å². The van der Waals surface area contributed by atoms with Crippen molar-refractivity contribution in [1.82, 2.24) is 5.32 Å². The summed E-state index contributed by atoms with van der Waals surface area (Å²) < 4.78 is 25.6. The maximum Gasteiger partial charge on any atom is 0.165 e. The fourth-order valence-corrected chi connectivity index (χ4v) is 5.07. The summed E-state index contributed by atoms with van der Waals surface area (Å²) in [5.41, 5.74) is 5.88. The summed E-state index contributed by atoms with van der Waals surface area (Å²) in [5, 5.41) is 16.7. The van der Waals surface area contributed by atoms with Crippen LogP contribution in [-0.2, 0) is 19.3 Å². The van der Waals surface area contributed by atoms with Gasteiger partial charge in [0, 0.05) is 24.8 Å². The molecule has 3 aromatic rings. The number of phenolic OH excluding ortho intramolecular Hbond substituents is 1. The normalized spacial score (nSPS) is 14.5. The first-order chi connectivity index (χ1) is 18.6. The molecule has 202 valence electrons. The van der Waals surface area contributed by atoms with E-state index in [-0.39, 0.29) is 5.82 Å². The average molecular weight is 519 g/mol. The van der Waals surface area contributed by atoms with Gasteiger partial charge >= 0.3 is 0 Å². The molecule has 0 heterocycles. The summed E-state index contributed by atoms with van der Waals surface area (Å²) >= 11 is 0. The Labute approximate surface area is 225 Å². The van der Waals surface area contributed by atoms with Crippen molar-refractivity contribution >= 4 is 5.69 Å². The van der Waals surface area contributed by atoms with Crippen molar-refractivity contribution in [2.24, 2.45) is 0 Å². The zero-order valence-corrected chi connectivity index (χ0v) is 22.3. The van der Waals surface area contributed by atoms with Gasteiger partial charge < -0.3 is 25.2 Å². The van der Waals surface area contributed by atoms with Gasteiger partial charge in [0.25, 0.3) is 0 Å². The van der Waals surface area contributed by atoms with Gasteiger partial charge in [-0.3, -0.25) is 0 Å². The first-order valence-corrected chi connectivity index (χ1v) is 13.5. The Balaban J connectivity index is 1.30. The topological polar surface area (TPSA) is 62.8 Å². The fourth-order valence-electron chi connectivity index (χ4n) is 5.07. The van der Waals surface area contributed by atoms with Crippen molar-refractivity contribution in [2.45, 2.75) is 44.4 Å². The van der Waals surface area contributed by atoms with Gasteiger partial charge in [0.15, 0.2) is 11.6 Å². The molecule has 6 heteroatoms. The molecule has 0 fully saturated rings. The molecule has 0 aliphatic heterocycles. The van der Waals surface area contributed by atoms with E-state index in [0.717, 1.165) is 68.6 Å². The highest BCUT2D eigenvalue weighted by atomic mass is 19.1. The average Bonchev–Trinajstić information content (AvgIpc) is 2.93. The van der Waals surface area contributed by atoms with Crippen LogP contribution in [0, 0.1) is 5.82 Å². The molecule has 0 saturated heterocycles. The number of ether oxygens (including phenoxy) is 2. The van der Waals surface area contributed by atoms with Gasteiger partial charge in [-0.15, -0.1) is 6.58 Å². The minimum atomic E-state index is -0.317. The highest BCUT2D eigenvalue weighted by Gasteiger charge is 2.23. The number of aromatic hydroxyl groups is 1. The fraction of sp³-hybridized carbons (Fsp3) is 0.375. The molecule has 4 rings (SSSR count). The first-order valence-electron chi connectivity index (χ1n) is 13.5. The number of aryl methyl sites for hydroxylation is 2. The van der Waals surface area contributed by atoms with E-state index in [1.165, 1.54) is 16.7 Å². The van der Waals surface area contributed by atoms with E-state index in [0.29, 0.717) is 30.6 Å². The quantitative estimate of drug-likeness (QED) is 0.170. The van der Waals surface area contributed by atoms with Crippen LogP contribution in [0.2, 0.25) is 0 Å². The molecular formula is C32H39FN2O3. The molecule has 0 saturated carbocycles. The number of anilines is 1. The van der Waals surface area contributed by atoms with Crippen molar-refractivity contribution in [3.05, 3.63) is 95.3 Å². The lowest BCUT2D eigenvalue weighted by atomic mass is 9.79. The van der Waals surface area contributed by atoms with Crippen molar-refractivity contribution in [3.63, 3.8) is 0 Å². The van der Waals surface area contributed by atoms with E-state index in [1.54, 1.807) is 25.3 Å². The lowest BCUT2D eigenvalue weighted by Crippen LogP contribution is -2.21. The molecule has 0 bridgehead atoms. The summed E-state index contributed by atoms with van der Waals surface area (Å²) in [4.78, 5) is 0. The maximum absolute atomic E-state index is 14.5. The number of nitrogens with one attached hydrogen (secondary N) is 2. The van der Waals surface area contributed by atoms with Gasteiger partial charge in [-0.1, -0.05) is 24.3 Å².